The van der Waals surface area contributed by atoms with Crippen molar-refractivity contribution in [2.75, 3.05) is 13.2 Å². The zero-order valence-corrected chi connectivity index (χ0v) is 18.5. The molecular weight excluding hydrogens is 368 g/mol. The molecule has 0 N–H and O–H groups in total. The Hall–Kier alpha value is -2.27. The number of hydrogen-bond donors (Lipinski definition) is 0. The zero-order chi connectivity index (χ0) is 20.4. The first-order valence-electron chi connectivity index (χ1n) is 10.1. The number of hydrogen-bond acceptors (Lipinski definition) is 4. The van der Waals surface area contributed by atoms with E-state index < -0.39 is 8.07 Å². The van der Waals surface area contributed by atoms with Crippen LogP contribution in [-0.4, -0.2) is 27.3 Å². The lowest BCUT2D eigenvalue weighted by Crippen LogP contribution is -2.19. The Bertz CT molecular complexity index is 718. The van der Waals surface area contributed by atoms with E-state index >= 15 is 0 Å². The van der Waals surface area contributed by atoms with Crippen LogP contribution in [0.5, 0.6) is 17.2 Å². The van der Waals surface area contributed by atoms with Crippen LogP contribution in [0.1, 0.15) is 36.5 Å². The molecule has 0 saturated carbocycles. The van der Waals surface area contributed by atoms with Crippen molar-refractivity contribution < 1.29 is 19.0 Å². The van der Waals surface area contributed by atoms with E-state index in [0.717, 1.165) is 30.8 Å². The van der Waals surface area contributed by atoms with E-state index in [-0.39, 0.29) is 5.97 Å². The predicted molar refractivity (Wildman–Crippen MR) is 117 cm³/mol. The summed E-state index contributed by atoms with van der Waals surface area (Å²) in [5, 5.41) is 0. The van der Waals surface area contributed by atoms with Gasteiger partial charge in [-0.2, -0.15) is 0 Å². The molecule has 28 heavy (non-hydrogen) atoms. The van der Waals surface area contributed by atoms with Crippen LogP contribution in [0.25, 0.3) is 0 Å². The van der Waals surface area contributed by atoms with Crippen LogP contribution in [0.2, 0.25) is 25.7 Å². The minimum absolute atomic E-state index is 0.384. The summed E-state index contributed by atoms with van der Waals surface area (Å²) in [6.45, 7) is 10.6. The van der Waals surface area contributed by atoms with Gasteiger partial charge in [0.05, 0.1) is 18.8 Å². The molecule has 0 fully saturated rings. The summed E-state index contributed by atoms with van der Waals surface area (Å²) in [6.07, 6.45) is 3.18. The Labute approximate surface area is 169 Å². The van der Waals surface area contributed by atoms with Gasteiger partial charge in [0, 0.05) is 8.07 Å². The first-order valence-corrected chi connectivity index (χ1v) is 13.8. The minimum atomic E-state index is -1.02. The number of unbranched alkanes of at least 4 members (excludes halogenated alkanes) is 1. The molecule has 0 aliphatic heterocycles. The normalized spacial score (nSPS) is 11.1. The molecule has 0 aromatic heterocycles. The third-order valence-electron chi connectivity index (χ3n) is 4.23. The molecule has 0 saturated heterocycles. The van der Waals surface area contributed by atoms with Crippen LogP contribution in [-0.2, 0) is 0 Å². The van der Waals surface area contributed by atoms with Crippen molar-refractivity contribution in [1.29, 1.82) is 0 Å². The van der Waals surface area contributed by atoms with Crippen LogP contribution < -0.4 is 14.2 Å². The molecule has 0 aliphatic carbocycles. The van der Waals surface area contributed by atoms with E-state index in [1.54, 1.807) is 24.3 Å². The van der Waals surface area contributed by atoms with Crippen LogP contribution in [0.15, 0.2) is 48.5 Å². The summed E-state index contributed by atoms with van der Waals surface area (Å²) in [5.41, 5.74) is 0.498. The number of esters is 1. The van der Waals surface area contributed by atoms with Crippen molar-refractivity contribution >= 4 is 14.0 Å². The van der Waals surface area contributed by atoms with Gasteiger partial charge >= 0.3 is 5.97 Å². The third-order valence-corrected chi connectivity index (χ3v) is 6.08. The Morgan fingerprint density at radius 2 is 1.29 bits per heavy atom. The fraction of sp³-hybridized carbons (Fsp3) is 0.435. The molecule has 4 nitrogen and oxygen atoms in total. The van der Waals surface area contributed by atoms with Gasteiger partial charge in [-0.3, -0.25) is 0 Å². The molecule has 2 rings (SSSR count). The van der Waals surface area contributed by atoms with Crippen molar-refractivity contribution in [1.82, 2.24) is 0 Å². The Balaban J connectivity index is 1.80. The van der Waals surface area contributed by atoms with E-state index in [1.807, 2.05) is 24.3 Å². The highest BCUT2D eigenvalue weighted by Crippen LogP contribution is 2.20. The summed E-state index contributed by atoms with van der Waals surface area (Å²) in [4.78, 5) is 12.3. The molecule has 5 heteroatoms. The minimum Gasteiger partial charge on any atom is -0.494 e. The second-order valence-corrected chi connectivity index (χ2v) is 13.7. The van der Waals surface area contributed by atoms with Crippen molar-refractivity contribution in [3.8, 4) is 17.2 Å². The number of ether oxygens (including phenoxy) is 3. The molecule has 0 spiro atoms. The monoisotopic (exact) mass is 400 g/mol. The lowest BCUT2D eigenvalue weighted by molar-refractivity contribution is 0.0734. The largest absolute Gasteiger partial charge is 0.494 e. The number of carbonyl (C=O) groups is 1. The second kappa shape index (κ2) is 10.9. The van der Waals surface area contributed by atoms with E-state index in [4.69, 9.17) is 14.2 Å². The quantitative estimate of drug-likeness (QED) is 0.195. The molecule has 0 atom stereocenters. The maximum Gasteiger partial charge on any atom is 0.343 e. The maximum absolute atomic E-state index is 12.3. The number of benzene rings is 2. The van der Waals surface area contributed by atoms with Crippen molar-refractivity contribution in [3.63, 3.8) is 0 Å². The number of rotatable bonds is 11. The van der Waals surface area contributed by atoms with Gasteiger partial charge in [0.2, 0.25) is 0 Å². The fourth-order valence-electron chi connectivity index (χ4n) is 2.58. The molecule has 0 amide bonds. The fourth-order valence-corrected chi connectivity index (χ4v) is 3.79. The lowest BCUT2D eigenvalue weighted by atomic mass is 10.2. The average Bonchev–Trinajstić information content (AvgIpc) is 2.66. The molecule has 0 radical (unpaired) electrons. The Morgan fingerprint density at radius 1 is 0.786 bits per heavy atom. The summed E-state index contributed by atoms with van der Waals surface area (Å²) < 4.78 is 16.8. The zero-order valence-electron chi connectivity index (χ0n) is 17.5. The van der Waals surface area contributed by atoms with E-state index in [9.17, 15) is 4.79 Å². The Morgan fingerprint density at radius 3 is 1.82 bits per heavy atom. The summed E-state index contributed by atoms with van der Waals surface area (Å²) in [7, 11) is -1.02. The van der Waals surface area contributed by atoms with Gasteiger partial charge in [-0.1, -0.05) is 39.0 Å². The highest BCUT2D eigenvalue weighted by atomic mass is 28.3. The van der Waals surface area contributed by atoms with Crippen molar-refractivity contribution in [2.24, 2.45) is 0 Å². The van der Waals surface area contributed by atoms with Gasteiger partial charge in [0.25, 0.3) is 0 Å². The molecule has 152 valence electrons. The number of carbonyl (C=O) groups excluding carboxylic acids is 1. The van der Waals surface area contributed by atoms with Crippen molar-refractivity contribution in [3.05, 3.63) is 54.1 Å². The van der Waals surface area contributed by atoms with Crippen LogP contribution in [0, 0.1) is 0 Å². The maximum atomic E-state index is 12.3. The summed E-state index contributed by atoms with van der Waals surface area (Å²) in [5.74, 6) is 1.68. The molecule has 2 aromatic rings. The van der Waals surface area contributed by atoms with Crippen LogP contribution >= 0.6 is 0 Å². The topological polar surface area (TPSA) is 44.8 Å². The molecule has 0 bridgehead atoms. The van der Waals surface area contributed by atoms with Gasteiger partial charge in [-0.25, -0.2) is 4.79 Å². The van der Waals surface area contributed by atoms with E-state index in [0.29, 0.717) is 24.5 Å². The summed E-state index contributed by atoms with van der Waals surface area (Å²) in [6, 6.07) is 15.5. The molecule has 0 aliphatic rings. The van der Waals surface area contributed by atoms with Crippen LogP contribution in [0.4, 0.5) is 0 Å². The molecule has 0 unspecified atom stereocenters. The van der Waals surface area contributed by atoms with E-state index in [1.165, 1.54) is 6.04 Å². The molecule has 2 aromatic carbocycles. The van der Waals surface area contributed by atoms with Gasteiger partial charge in [-0.15, -0.1) is 0 Å². The van der Waals surface area contributed by atoms with Gasteiger partial charge < -0.3 is 14.2 Å². The summed E-state index contributed by atoms with van der Waals surface area (Å²) >= 11 is 0. The standard InChI is InChI=1S/C23H32O4Si/c1-5-6-16-25-21-12-14-22(15-13-21)27-23(24)19-8-10-20(11-9-19)26-17-7-18-28(2,3)4/h8-15H,5-7,16-18H2,1-4H3. The molecular formula is C23H32O4Si. The average molecular weight is 401 g/mol. The SMILES string of the molecule is CCCCOc1ccc(OC(=O)c2ccc(OCCC[Si](C)(C)C)cc2)cc1. The second-order valence-electron chi connectivity index (χ2n) is 8.10. The van der Waals surface area contributed by atoms with Crippen molar-refractivity contribution in [2.45, 2.75) is 51.9 Å². The highest BCUT2D eigenvalue weighted by Gasteiger charge is 2.12. The Kier molecular flexibility index (Phi) is 8.58. The molecule has 0 heterocycles. The third kappa shape index (κ3) is 8.17. The van der Waals surface area contributed by atoms with Gasteiger partial charge in [0.1, 0.15) is 17.2 Å². The highest BCUT2D eigenvalue weighted by molar-refractivity contribution is 6.76. The van der Waals surface area contributed by atoms with Gasteiger partial charge in [0.15, 0.2) is 0 Å². The predicted octanol–water partition coefficient (Wildman–Crippen LogP) is 6.19. The van der Waals surface area contributed by atoms with Gasteiger partial charge in [-0.05, 0) is 61.4 Å². The first kappa shape index (κ1) is 22.0. The lowest BCUT2D eigenvalue weighted by Gasteiger charge is -2.15. The smallest absolute Gasteiger partial charge is 0.343 e. The van der Waals surface area contributed by atoms with E-state index in [2.05, 4.69) is 26.6 Å². The first-order chi connectivity index (χ1) is 13.4. The van der Waals surface area contributed by atoms with Crippen LogP contribution in [0.3, 0.4) is 0 Å².